The van der Waals surface area contributed by atoms with Crippen LogP contribution in [0.2, 0.25) is 0 Å². The van der Waals surface area contributed by atoms with Gasteiger partial charge in [-0.05, 0) is 24.1 Å². The van der Waals surface area contributed by atoms with Crippen molar-refractivity contribution in [2.45, 2.75) is 19.4 Å². The van der Waals surface area contributed by atoms with Crippen molar-refractivity contribution < 1.29 is 4.42 Å². The maximum atomic E-state index is 5.37. The van der Waals surface area contributed by atoms with E-state index in [0.717, 1.165) is 43.5 Å². The van der Waals surface area contributed by atoms with Crippen molar-refractivity contribution in [1.82, 2.24) is 25.4 Å². The molecule has 0 aliphatic rings. The zero-order valence-corrected chi connectivity index (χ0v) is 14.9. The summed E-state index contributed by atoms with van der Waals surface area (Å²) in [5, 5.41) is 10.8. The zero-order chi connectivity index (χ0) is 18.0. The van der Waals surface area contributed by atoms with E-state index in [1.165, 1.54) is 11.9 Å². The molecule has 0 aliphatic carbocycles. The molecule has 0 spiro atoms. The Bertz CT molecular complexity index is 795. The smallest absolute Gasteiger partial charge is 0.191 e. The Morgan fingerprint density at radius 3 is 2.58 bits per heavy atom. The molecule has 0 amide bonds. The van der Waals surface area contributed by atoms with E-state index in [1.807, 2.05) is 25.2 Å². The fourth-order valence-electron chi connectivity index (χ4n) is 2.52. The number of aryl methyl sites for hydroxylation is 1. The molecule has 3 rings (SSSR count). The Morgan fingerprint density at radius 2 is 1.88 bits per heavy atom. The van der Waals surface area contributed by atoms with Crippen molar-refractivity contribution in [3.05, 3.63) is 72.2 Å². The molecule has 2 aromatic heterocycles. The number of rotatable bonds is 8. The molecule has 0 bridgehead atoms. The van der Waals surface area contributed by atoms with Gasteiger partial charge in [-0.3, -0.25) is 4.68 Å². The Morgan fingerprint density at radius 1 is 1.08 bits per heavy atom. The first-order valence-corrected chi connectivity index (χ1v) is 8.72. The average molecular weight is 352 g/mol. The standard InChI is InChI=1S/C19H24N6O/c1-25-18(23-15-24-25)14-22-19(21-12-10-17-8-5-13-26-17)20-11-9-16-6-3-2-4-7-16/h2-8,13,15H,9-12,14H2,1H3,(H2,20,21,22). The number of aliphatic imine (C=N–C) groups is 1. The van der Waals surface area contributed by atoms with Gasteiger partial charge in [-0.15, -0.1) is 0 Å². The lowest BCUT2D eigenvalue weighted by molar-refractivity contribution is 0.506. The maximum absolute atomic E-state index is 5.37. The second kappa shape index (κ2) is 9.41. The lowest BCUT2D eigenvalue weighted by Gasteiger charge is -2.12. The third kappa shape index (κ3) is 5.47. The molecule has 3 aromatic rings. The lowest BCUT2D eigenvalue weighted by atomic mass is 10.1. The summed E-state index contributed by atoms with van der Waals surface area (Å²) in [7, 11) is 1.87. The predicted molar refractivity (Wildman–Crippen MR) is 101 cm³/mol. The first kappa shape index (κ1) is 17.7. The van der Waals surface area contributed by atoms with Crippen molar-refractivity contribution >= 4 is 5.96 Å². The minimum atomic E-state index is 0.470. The highest BCUT2D eigenvalue weighted by atomic mass is 16.3. The number of aromatic nitrogens is 3. The summed E-state index contributed by atoms with van der Waals surface area (Å²) in [5.74, 6) is 2.53. The molecule has 0 aliphatic heterocycles. The molecule has 2 N–H and O–H groups in total. The van der Waals surface area contributed by atoms with Crippen molar-refractivity contribution in [3.63, 3.8) is 0 Å². The molecule has 136 valence electrons. The lowest BCUT2D eigenvalue weighted by Crippen LogP contribution is -2.39. The van der Waals surface area contributed by atoms with Crippen LogP contribution in [0.4, 0.5) is 0 Å². The van der Waals surface area contributed by atoms with E-state index < -0.39 is 0 Å². The summed E-state index contributed by atoms with van der Waals surface area (Å²) in [6.45, 7) is 2.01. The number of nitrogens with zero attached hydrogens (tertiary/aromatic N) is 4. The Balaban J connectivity index is 1.53. The molecular weight excluding hydrogens is 328 g/mol. The van der Waals surface area contributed by atoms with Crippen LogP contribution >= 0.6 is 0 Å². The summed E-state index contributed by atoms with van der Waals surface area (Å²) >= 11 is 0. The van der Waals surface area contributed by atoms with E-state index in [9.17, 15) is 0 Å². The molecule has 26 heavy (non-hydrogen) atoms. The van der Waals surface area contributed by atoms with E-state index in [1.54, 1.807) is 10.9 Å². The number of guanidine groups is 1. The van der Waals surface area contributed by atoms with E-state index >= 15 is 0 Å². The molecule has 0 fully saturated rings. The minimum absolute atomic E-state index is 0.470. The van der Waals surface area contributed by atoms with Crippen molar-refractivity contribution in [3.8, 4) is 0 Å². The second-order valence-corrected chi connectivity index (χ2v) is 5.88. The van der Waals surface area contributed by atoms with Gasteiger partial charge >= 0.3 is 0 Å². The Hall–Kier alpha value is -3.09. The molecule has 1 aromatic carbocycles. The highest BCUT2D eigenvalue weighted by molar-refractivity contribution is 5.79. The predicted octanol–water partition coefficient (Wildman–Crippen LogP) is 1.93. The number of furan rings is 1. The molecular formula is C19H24N6O. The zero-order valence-electron chi connectivity index (χ0n) is 14.9. The van der Waals surface area contributed by atoms with E-state index in [0.29, 0.717) is 6.54 Å². The van der Waals surface area contributed by atoms with Crippen molar-refractivity contribution in [1.29, 1.82) is 0 Å². The monoisotopic (exact) mass is 352 g/mol. The summed E-state index contributed by atoms with van der Waals surface area (Å²) in [5.41, 5.74) is 1.29. The molecule has 0 saturated carbocycles. The Labute approximate surface area is 153 Å². The highest BCUT2D eigenvalue weighted by Gasteiger charge is 2.03. The highest BCUT2D eigenvalue weighted by Crippen LogP contribution is 2.00. The average Bonchev–Trinajstić information content (AvgIpc) is 3.32. The molecule has 2 heterocycles. The number of nitrogens with one attached hydrogen (secondary N) is 2. The molecule has 7 heteroatoms. The van der Waals surface area contributed by atoms with Crippen LogP contribution in [0.1, 0.15) is 17.1 Å². The van der Waals surface area contributed by atoms with Crippen LogP contribution in [0.5, 0.6) is 0 Å². The van der Waals surface area contributed by atoms with Crippen molar-refractivity contribution in [2.75, 3.05) is 13.1 Å². The van der Waals surface area contributed by atoms with Crippen LogP contribution in [0.15, 0.2) is 64.5 Å². The first-order valence-electron chi connectivity index (χ1n) is 8.72. The van der Waals surface area contributed by atoms with Crippen LogP contribution in [-0.4, -0.2) is 33.8 Å². The van der Waals surface area contributed by atoms with Crippen molar-refractivity contribution in [2.24, 2.45) is 12.0 Å². The van der Waals surface area contributed by atoms with E-state index in [-0.39, 0.29) is 0 Å². The van der Waals surface area contributed by atoms with Gasteiger partial charge in [0.15, 0.2) is 5.96 Å². The normalized spacial score (nSPS) is 11.5. The van der Waals surface area contributed by atoms with Crippen LogP contribution in [0.3, 0.4) is 0 Å². The van der Waals surface area contributed by atoms with E-state index in [2.05, 4.69) is 50.0 Å². The van der Waals surface area contributed by atoms with Gasteiger partial charge in [0.05, 0.1) is 6.26 Å². The van der Waals surface area contributed by atoms with Crippen LogP contribution in [0.25, 0.3) is 0 Å². The fraction of sp³-hybridized carbons (Fsp3) is 0.316. The number of benzene rings is 1. The maximum Gasteiger partial charge on any atom is 0.191 e. The largest absolute Gasteiger partial charge is 0.469 e. The fourth-order valence-corrected chi connectivity index (χ4v) is 2.52. The SMILES string of the molecule is Cn1ncnc1CN=C(NCCc1ccccc1)NCCc1ccco1. The summed E-state index contributed by atoms with van der Waals surface area (Å²) in [4.78, 5) is 8.83. The quantitative estimate of drug-likeness (QED) is 0.478. The van der Waals surface area contributed by atoms with Gasteiger partial charge < -0.3 is 15.1 Å². The van der Waals surface area contributed by atoms with Gasteiger partial charge in [0, 0.05) is 26.6 Å². The van der Waals surface area contributed by atoms with Gasteiger partial charge in [0.2, 0.25) is 0 Å². The topological polar surface area (TPSA) is 80.3 Å². The Kier molecular flexibility index (Phi) is 6.41. The summed E-state index contributed by atoms with van der Waals surface area (Å²) in [6, 6.07) is 14.3. The minimum Gasteiger partial charge on any atom is -0.469 e. The summed E-state index contributed by atoms with van der Waals surface area (Å²) < 4.78 is 7.10. The number of hydrogen-bond acceptors (Lipinski definition) is 4. The van der Waals surface area contributed by atoms with Crippen LogP contribution in [0, 0.1) is 0 Å². The van der Waals surface area contributed by atoms with Gasteiger partial charge in [0.25, 0.3) is 0 Å². The summed E-state index contributed by atoms with van der Waals surface area (Å²) in [6.07, 6.45) is 4.97. The second-order valence-electron chi connectivity index (χ2n) is 5.88. The molecule has 0 radical (unpaired) electrons. The van der Waals surface area contributed by atoms with Crippen LogP contribution < -0.4 is 10.6 Å². The third-order valence-electron chi connectivity index (χ3n) is 3.98. The number of hydrogen-bond donors (Lipinski definition) is 2. The van der Waals surface area contributed by atoms with Gasteiger partial charge in [-0.2, -0.15) is 5.10 Å². The molecule has 0 unspecified atom stereocenters. The molecule has 0 saturated heterocycles. The van der Waals surface area contributed by atoms with Gasteiger partial charge in [0.1, 0.15) is 24.5 Å². The third-order valence-corrected chi connectivity index (χ3v) is 3.98. The van der Waals surface area contributed by atoms with Crippen LogP contribution in [-0.2, 0) is 26.4 Å². The first-order chi connectivity index (χ1) is 12.8. The van der Waals surface area contributed by atoms with E-state index in [4.69, 9.17) is 4.42 Å². The van der Waals surface area contributed by atoms with Gasteiger partial charge in [-0.25, -0.2) is 9.98 Å². The molecule has 0 atom stereocenters. The van der Waals surface area contributed by atoms with Gasteiger partial charge in [-0.1, -0.05) is 30.3 Å². The molecule has 7 nitrogen and oxygen atoms in total.